The van der Waals surface area contributed by atoms with Crippen molar-refractivity contribution >= 4 is 11.6 Å². The third-order valence-corrected chi connectivity index (χ3v) is 2.17. The Labute approximate surface area is 92.4 Å². The first kappa shape index (κ1) is 12.2. The number of rotatable bonds is 4. The number of nitrogens with one attached hydrogen (secondary N) is 1. The van der Waals surface area contributed by atoms with E-state index in [9.17, 15) is 14.9 Å². The summed E-state index contributed by atoms with van der Waals surface area (Å²) in [4.78, 5) is 21.6. The van der Waals surface area contributed by atoms with Crippen LogP contribution in [0.2, 0.25) is 0 Å². The van der Waals surface area contributed by atoms with Gasteiger partial charge in [-0.3, -0.25) is 14.9 Å². The lowest BCUT2D eigenvalue weighted by Crippen LogP contribution is -2.38. The first-order chi connectivity index (χ1) is 7.45. The summed E-state index contributed by atoms with van der Waals surface area (Å²) in [6, 6.07) is 1.07. The maximum absolute atomic E-state index is 11.7. The summed E-state index contributed by atoms with van der Waals surface area (Å²) in [5.41, 5.74) is 5.50. The van der Waals surface area contributed by atoms with Gasteiger partial charge in [-0.05, 0) is 6.92 Å². The van der Waals surface area contributed by atoms with Gasteiger partial charge >= 0.3 is 0 Å². The third kappa shape index (κ3) is 2.57. The van der Waals surface area contributed by atoms with Gasteiger partial charge in [0.1, 0.15) is 5.69 Å². The summed E-state index contributed by atoms with van der Waals surface area (Å²) in [5.74, 6) is -0.367. The second-order valence-corrected chi connectivity index (χ2v) is 3.56. The van der Waals surface area contributed by atoms with Gasteiger partial charge in [0.25, 0.3) is 11.6 Å². The molecule has 1 aromatic rings. The summed E-state index contributed by atoms with van der Waals surface area (Å²) in [6.45, 7) is 2.08. The highest BCUT2D eigenvalue weighted by atomic mass is 16.6. The standard InChI is InChI=1S/C9H14N4O3/c1-6(4-10)11-9(14)8-3-7(13(15)16)5-12(8)2/h3,5-6H,4,10H2,1-2H3,(H,11,14)/t6-/m1/s1. The van der Waals surface area contributed by atoms with Crippen molar-refractivity contribution in [3.05, 3.63) is 28.1 Å². The zero-order valence-electron chi connectivity index (χ0n) is 9.14. The largest absolute Gasteiger partial charge is 0.347 e. The van der Waals surface area contributed by atoms with Crippen molar-refractivity contribution < 1.29 is 9.72 Å². The number of aromatic nitrogens is 1. The van der Waals surface area contributed by atoms with Crippen LogP contribution in [0.3, 0.4) is 0 Å². The van der Waals surface area contributed by atoms with Gasteiger partial charge in [-0.2, -0.15) is 0 Å². The lowest BCUT2D eigenvalue weighted by molar-refractivity contribution is -0.384. The molecule has 1 atom stereocenters. The molecule has 0 fully saturated rings. The quantitative estimate of drug-likeness (QED) is 0.557. The van der Waals surface area contributed by atoms with E-state index in [0.29, 0.717) is 6.54 Å². The molecule has 1 amide bonds. The average Bonchev–Trinajstić information content (AvgIpc) is 2.60. The van der Waals surface area contributed by atoms with Crippen LogP contribution in [-0.2, 0) is 7.05 Å². The van der Waals surface area contributed by atoms with Gasteiger partial charge < -0.3 is 15.6 Å². The molecule has 0 aliphatic heterocycles. The smallest absolute Gasteiger partial charge is 0.287 e. The number of carbonyl (C=O) groups excluding carboxylic acids is 1. The first-order valence-electron chi connectivity index (χ1n) is 4.77. The van der Waals surface area contributed by atoms with Crippen molar-refractivity contribution in [2.45, 2.75) is 13.0 Å². The van der Waals surface area contributed by atoms with E-state index in [1.807, 2.05) is 0 Å². The van der Waals surface area contributed by atoms with E-state index in [1.165, 1.54) is 16.8 Å². The highest BCUT2D eigenvalue weighted by molar-refractivity contribution is 5.93. The summed E-state index contributed by atoms with van der Waals surface area (Å²) >= 11 is 0. The lowest BCUT2D eigenvalue weighted by Gasteiger charge is -2.10. The second-order valence-electron chi connectivity index (χ2n) is 3.56. The Kier molecular flexibility index (Phi) is 3.62. The van der Waals surface area contributed by atoms with Crippen molar-refractivity contribution in [2.75, 3.05) is 6.54 Å². The molecule has 0 aliphatic rings. The molecule has 3 N–H and O–H groups in total. The monoisotopic (exact) mass is 226 g/mol. The fourth-order valence-electron chi connectivity index (χ4n) is 1.23. The number of nitrogens with zero attached hydrogens (tertiary/aromatic N) is 2. The molecule has 0 saturated heterocycles. The predicted octanol–water partition coefficient (Wildman–Crippen LogP) is 0.0103. The van der Waals surface area contributed by atoms with E-state index < -0.39 is 4.92 Å². The molecular formula is C9H14N4O3. The van der Waals surface area contributed by atoms with Crippen LogP contribution >= 0.6 is 0 Å². The summed E-state index contributed by atoms with van der Waals surface area (Å²) < 4.78 is 1.41. The Balaban J connectivity index is 2.87. The van der Waals surface area contributed by atoms with Crippen molar-refractivity contribution in [2.24, 2.45) is 12.8 Å². The summed E-state index contributed by atoms with van der Waals surface area (Å²) in [6.07, 6.45) is 1.29. The number of hydrogen-bond donors (Lipinski definition) is 2. The van der Waals surface area contributed by atoms with Crippen LogP contribution in [-0.4, -0.2) is 28.0 Å². The van der Waals surface area contributed by atoms with Gasteiger partial charge in [-0.15, -0.1) is 0 Å². The minimum atomic E-state index is -0.539. The molecule has 0 unspecified atom stereocenters. The van der Waals surface area contributed by atoms with Crippen LogP contribution in [0.5, 0.6) is 0 Å². The number of hydrogen-bond acceptors (Lipinski definition) is 4. The molecule has 0 aliphatic carbocycles. The van der Waals surface area contributed by atoms with E-state index in [1.54, 1.807) is 14.0 Å². The van der Waals surface area contributed by atoms with Crippen molar-refractivity contribution in [1.29, 1.82) is 0 Å². The Bertz CT molecular complexity index is 413. The number of amides is 1. The van der Waals surface area contributed by atoms with Crippen LogP contribution in [0.1, 0.15) is 17.4 Å². The van der Waals surface area contributed by atoms with Crippen LogP contribution < -0.4 is 11.1 Å². The summed E-state index contributed by atoms with van der Waals surface area (Å²) in [5, 5.41) is 13.1. The van der Waals surface area contributed by atoms with E-state index in [0.717, 1.165) is 0 Å². The fourth-order valence-corrected chi connectivity index (χ4v) is 1.23. The minimum absolute atomic E-state index is 0.104. The molecule has 1 aromatic heterocycles. The Morgan fingerprint density at radius 1 is 1.75 bits per heavy atom. The van der Waals surface area contributed by atoms with Gasteiger partial charge in [0.2, 0.25) is 0 Å². The molecule has 0 bridgehead atoms. The number of nitrogens with two attached hydrogens (primary N) is 1. The van der Waals surface area contributed by atoms with Crippen molar-refractivity contribution in [3.63, 3.8) is 0 Å². The second kappa shape index (κ2) is 4.75. The van der Waals surface area contributed by atoms with Gasteiger partial charge in [0.05, 0.1) is 11.1 Å². The minimum Gasteiger partial charge on any atom is -0.347 e. The molecule has 1 heterocycles. The SMILES string of the molecule is C[C@H](CN)NC(=O)c1cc([N+](=O)[O-])cn1C. The number of aryl methyl sites for hydroxylation is 1. The highest BCUT2D eigenvalue weighted by Crippen LogP contribution is 2.14. The molecule has 0 aromatic carbocycles. The molecule has 1 rings (SSSR count). The topological polar surface area (TPSA) is 103 Å². The van der Waals surface area contributed by atoms with Crippen molar-refractivity contribution in [1.82, 2.24) is 9.88 Å². The molecule has 0 radical (unpaired) electrons. The van der Waals surface area contributed by atoms with Crippen LogP contribution in [0.25, 0.3) is 0 Å². The Morgan fingerprint density at radius 2 is 2.38 bits per heavy atom. The molecule has 7 heteroatoms. The first-order valence-corrected chi connectivity index (χ1v) is 4.77. The van der Waals surface area contributed by atoms with Gasteiger partial charge in [0.15, 0.2) is 0 Å². The van der Waals surface area contributed by atoms with Crippen LogP contribution in [0, 0.1) is 10.1 Å². The maximum atomic E-state index is 11.7. The highest BCUT2D eigenvalue weighted by Gasteiger charge is 2.18. The fraction of sp³-hybridized carbons (Fsp3) is 0.444. The summed E-state index contributed by atoms with van der Waals surface area (Å²) in [7, 11) is 1.58. The maximum Gasteiger partial charge on any atom is 0.287 e. The van der Waals surface area contributed by atoms with E-state index in [2.05, 4.69) is 5.32 Å². The van der Waals surface area contributed by atoms with E-state index in [4.69, 9.17) is 5.73 Å². The molecule has 16 heavy (non-hydrogen) atoms. The molecule has 0 saturated carbocycles. The average molecular weight is 226 g/mol. The number of carbonyl (C=O) groups is 1. The molecule has 88 valence electrons. The Morgan fingerprint density at radius 3 is 2.81 bits per heavy atom. The zero-order chi connectivity index (χ0) is 12.3. The predicted molar refractivity (Wildman–Crippen MR) is 58.1 cm³/mol. The van der Waals surface area contributed by atoms with E-state index in [-0.39, 0.29) is 23.3 Å². The van der Waals surface area contributed by atoms with Gasteiger partial charge in [-0.25, -0.2) is 0 Å². The number of nitro groups is 1. The van der Waals surface area contributed by atoms with E-state index >= 15 is 0 Å². The molecule has 7 nitrogen and oxygen atoms in total. The normalized spacial score (nSPS) is 12.2. The molecular weight excluding hydrogens is 212 g/mol. The third-order valence-electron chi connectivity index (χ3n) is 2.17. The van der Waals surface area contributed by atoms with Crippen LogP contribution in [0.4, 0.5) is 5.69 Å². The van der Waals surface area contributed by atoms with Gasteiger partial charge in [0, 0.05) is 25.7 Å². The van der Waals surface area contributed by atoms with Crippen LogP contribution in [0.15, 0.2) is 12.3 Å². The zero-order valence-corrected chi connectivity index (χ0v) is 9.14. The Hall–Kier alpha value is -1.89. The van der Waals surface area contributed by atoms with Crippen molar-refractivity contribution in [3.8, 4) is 0 Å². The molecule has 0 spiro atoms. The lowest BCUT2D eigenvalue weighted by atomic mass is 10.3. The van der Waals surface area contributed by atoms with Gasteiger partial charge in [-0.1, -0.05) is 0 Å².